The minimum Gasteiger partial charge on any atom is -0.298 e. The van der Waals surface area contributed by atoms with Crippen molar-refractivity contribution in [2.75, 3.05) is 0 Å². The molecule has 0 amide bonds. The number of thiophene rings is 1. The molecule has 0 spiro atoms. The molecule has 2 heterocycles. The Morgan fingerprint density at radius 2 is 2.19 bits per heavy atom. The Balaban J connectivity index is 1.54. The average Bonchev–Trinajstić information content (AvgIpc) is 2.81. The molecule has 2 aromatic rings. The zero-order chi connectivity index (χ0) is 14.6. The molecule has 2 aromatic heterocycles. The van der Waals surface area contributed by atoms with E-state index in [1.807, 2.05) is 6.07 Å². The predicted octanol–water partition coefficient (Wildman–Crippen LogP) is 2.64. The monoisotopic (exact) mass is 302 g/mol. The Morgan fingerprint density at radius 1 is 1.43 bits per heavy atom. The highest BCUT2D eigenvalue weighted by molar-refractivity contribution is 7.18. The van der Waals surface area contributed by atoms with Crippen molar-refractivity contribution >= 4 is 27.3 Å². The van der Waals surface area contributed by atoms with Crippen LogP contribution in [0.3, 0.4) is 0 Å². The molecule has 0 N–H and O–H groups in total. The first kappa shape index (κ1) is 13.2. The van der Waals surface area contributed by atoms with Crippen molar-refractivity contribution in [3.63, 3.8) is 0 Å². The van der Waals surface area contributed by atoms with Gasteiger partial charge >= 0.3 is 0 Å². The number of nitrogens with zero attached hydrogens (tertiary/aromatic N) is 2. The average molecular weight is 302 g/mol. The lowest BCUT2D eigenvalue weighted by molar-refractivity contribution is -0.132. The maximum Gasteiger partial charge on any atom is 0.262 e. The van der Waals surface area contributed by atoms with Crippen LogP contribution < -0.4 is 5.56 Å². The maximum atomic E-state index is 12.4. The second-order valence-corrected chi connectivity index (χ2v) is 7.48. The molecule has 21 heavy (non-hydrogen) atoms. The topological polar surface area (TPSA) is 52.0 Å². The summed E-state index contributed by atoms with van der Waals surface area (Å²) in [6.07, 6.45) is 5.72. The second kappa shape index (κ2) is 4.77. The van der Waals surface area contributed by atoms with Gasteiger partial charge in [0.15, 0.2) is 5.78 Å². The van der Waals surface area contributed by atoms with E-state index in [2.05, 4.69) is 11.9 Å². The van der Waals surface area contributed by atoms with Crippen molar-refractivity contribution < 1.29 is 4.79 Å². The number of aromatic nitrogens is 2. The summed E-state index contributed by atoms with van der Waals surface area (Å²) >= 11 is 1.56. The molecule has 0 atom stereocenters. The van der Waals surface area contributed by atoms with Gasteiger partial charge in [0.25, 0.3) is 5.56 Å². The molecular formula is C16H18N2O2S. The number of fused-ring (bicyclic) bond motifs is 1. The molecule has 0 saturated heterocycles. The Morgan fingerprint density at radius 3 is 2.81 bits per heavy atom. The van der Waals surface area contributed by atoms with Crippen LogP contribution in [-0.4, -0.2) is 15.3 Å². The van der Waals surface area contributed by atoms with Crippen molar-refractivity contribution in [2.45, 2.75) is 39.2 Å². The number of hydrogen-bond donors (Lipinski definition) is 0. The van der Waals surface area contributed by atoms with E-state index in [0.717, 1.165) is 28.0 Å². The molecule has 0 aromatic carbocycles. The lowest BCUT2D eigenvalue weighted by Gasteiger charge is -2.58. The Labute approximate surface area is 126 Å². The van der Waals surface area contributed by atoms with Gasteiger partial charge in [-0.1, -0.05) is 6.92 Å². The van der Waals surface area contributed by atoms with Crippen LogP contribution in [0.15, 0.2) is 17.2 Å². The molecule has 3 saturated carbocycles. The largest absolute Gasteiger partial charge is 0.298 e. The summed E-state index contributed by atoms with van der Waals surface area (Å²) in [5.41, 5.74) is -0.0805. The first-order chi connectivity index (χ1) is 10.2. The molecule has 3 aliphatic carbocycles. The highest BCUT2D eigenvalue weighted by atomic mass is 32.1. The predicted molar refractivity (Wildman–Crippen MR) is 82.6 cm³/mol. The summed E-state index contributed by atoms with van der Waals surface area (Å²) in [6, 6.07) is 1.91. The highest BCUT2D eigenvalue weighted by Gasteiger charge is 2.52. The minimum absolute atomic E-state index is 0.0805. The molecule has 2 bridgehead atoms. The summed E-state index contributed by atoms with van der Waals surface area (Å²) < 4.78 is 1.47. The smallest absolute Gasteiger partial charge is 0.262 e. The van der Waals surface area contributed by atoms with E-state index >= 15 is 0 Å². The highest BCUT2D eigenvalue weighted by Crippen LogP contribution is 2.59. The summed E-state index contributed by atoms with van der Waals surface area (Å²) in [6.45, 7) is 2.24. The lowest BCUT2D eigenvalue weighted by atomic mass is 9.47. The molecule has 3 fully saturated rings. The molecule has 3 aliphatic rings. The molecule has 0 aliphatic heterocycles. The van der Waals surface area contributed by atoms with Gasteiger partial charge in [-0.2, -0.15) is 0 Å². The number of hydrogen-bond acceptors (Lipinski definition) is 4. The number of rotatable bonds is 5. The van der Waals surface area contributed by atoms with Crippen LogP contribution in [0.5, 0.6) is 0 Å². The van der Waals surface area contributed by atoms with Crippen molar-refractivity contribution in [3.05, 3.63) is 27.6 Å². The first-order valence-corrected chi connectivity index (χ1v) is 8.47. The van der Waals surface area contributed by atoms with Crippen molar-refractivity contribution in [2.24, 2.45) is 17.8 Å². The fourth-order valence-corrected chi connectivity index (χ4v) is 4.47. The van der Waals surface area contributed by atoms with Crippen LogP contribution in [0.2, 0.25) is 0 Å². The molecule has 0 unspecified atom stereocenters. The van der Waals surface area contributed by atoms with E-state index in [4.69, 9.17) is 0 Å². The number of carbonyl (C=O) groups excluding carboxylic acids is 1. The SMILES string of the molecule is CCc1cc2c(=O)n(CC(=O)CC3C4CC3C4)cnc2s1. The van der Waals surface area contributed by atoms with Gasteiger partial charge in [0.2, 0.25) is 0 Å². The lowest BCUT2D eigenvalue weighted by Crippen LogP contribution is -2.51. The fraction of sp³-hybridized carbons (Fsp3) is 0.562. The van der Waals surface area contributed by atoms with Crippen LogP contribution >= 0.6 is 11.3 Å². The Hall–Kier alpha value is -1.49. The minimum atomic E-state index is -0.0805. The summed E-state index contributed by atoms with van der Waals surface area (Å²) in [7, 11) is 0. The zero-order valence-electron chi connectivity index (χ0n) is 12.0. The van der Waals surface area contributed by atoms with E-state index in [1.165, 1.54) is 23.7 Å². The van der Waals surface area contributed by atoms with Crippen LogP contribution in [0.25, 0.3) is 10.2 Å². The third kappa shape index (κ3) is 2.06. The van der Waals surface area contributed by atoms with Crippen molar-refractivity contribution in [1.82, 2.24) is 9.55 Å². The Bertz CT molecular complexity index is 762. The van der Waals surface area contributed by atoms with Gasteiger partial charge in [-0.05, 0) is 43.1 Å². The number of carbonyl (C=O) groups is 1. The van der Waals surface area contributed by atoms with Gasteiger partial charge in [-0.25, -0.2) is 4.98 Å². The van der Waals surface area contributed by atoms with E-state index in [-0.39, 0.29) is 17.9 Å². The van der Waals surface area contributed by atoms with Crippen LogP contribution in [0.1, 0.15) is 31.1 Å². The quantitative estimate of drug-likeness (QED) is 0.853. The summed E-state index contributed by atoms with van der Waals surface area (Å²) in [5.74, 6) is 2.36. The van der Waals surface area contributed by atoms with Gasteiger partial charge in [0, 0.05) is 11.3 Å². The maximum absolute atomic E-state index is 12.4. The van der Waals surface area contributed by atoms with E-state index in [1.54, 1.807) is 11.3 Å². The molecule has 110 valence electrons. The molecule has 4 nitrogen and oxygen atoms in total. The molecule has 0 radical (unpaired) electrons. The number of ketones is 1. The number of Topliss-reactive ketones (excluding diaryl/α,β-unsaturated/α-hetero) is 1. The zero-order valence-corrected chi connectivity index (χ0v) is 12.9. The Kier molecular flexibility index (Phi) is 2.99. The number of aryl methyl sites for hydroxylation is 1. The molecule has 5 rings (SSSR count). The summed E-state index contributed by atoms with van der Waals surface area (Å²) in [5, 5.41) is 0.652. The van der Waals surface area contributed by atoms with E-state index < -0.39 is 0 Å². The van der Waals surface area contributed by atoms with Crippen LogP contribution in [-0.2, 0) is 17.8 Å². The van der Waals surface area contributed by atoms with Crippen molar-refractivity contribution in [1.29, 1.82) is 0 Å². The fourth-order valence-electron chi connectivity index (χ4n) is 3.55. The molecule has 5 heteroatoms. The van der Waals surface area contributed by atoms with Gasteiger partial charge in [-0.3, -0.25) is 14.2 Å². The molecular weight excluding hydrogens is 284 g/mol. The van der Waals surface area contributed by atoms with Gasteiger partial charge in [0.05, 0.1) is 18.3 Å². The standard InChI is InChI=1S/C16H18N2O2S/c1-2-12-6-14-15(21-12)17-8-18(16(14)20)7-11(19)5-13-9-3-10(13)4-9/h6,8-10,13H,2-5,7H2,1H3. The third-order valence-electron chi connectivity index (χ3n) is 5.15. The normalized spacial score (nSPS) is 26.4. The van der Waals surface area contributed by atoms with Crippen molar-refractivity contribution in [3.8, 4) is 0 Å². The second-order valence-electron chi connectivity index (χ2n) is 6.36. The van der Waals surface area contributed by atoms with Crippen LogP contribution in [0, 0.1) is 17.8 Å². The van der Waals surface area contributed by atoms with E-state index in [0.29, 0.717) is 17.7 Å². The van der Waals surface area contributed by atoms with Gasteiger partial charge in [-0.15, -0.1) is 11.3 Å². The third-order valence-corrected chi connectivity index (χ3v) is 6.34. The van der Waals surface area contributed by atoms with Gasteiger partial charge in [0.1, 0.15) is 4.83 Å². The van der Waals surface area contributed by atoms with Gasteiger partial charge < -0.3 is 0 Å². The first-order valence-electron chi connectivity index (χ1n) is 7.65. The van der Waals surface area contributed by atoms with Crippen LogP contribution in [0.4, 0.5) is 0 Å². The van der Waals surface area contributed by atoms with E-state index in [9.17, 15) is 9.59 Å². The summed E-state index contributed by atoms with van der Waals surface area (Å²) in [4.78, 5) is 30.8.